The van der Waals surface area contributed by atoms with E-state index >= 15 is 0 Å². The van der Waals surface area contributed by atoms with Gasteiger partial charge in [0.25, 0.3) is 5.91 Å². The number of hydrogen-bond acceptors (Lipinski definition) is 5. The molecule has 0 aliphatic carbocycles. The van der Waals surface area contributed by atoms with E-state index in [0.29, 0.717) is 31.2 Å². The summed E-state index contributed by atoms with van der Waals surface area (Å²) < 4.78 is 4.88. The minimum atomic E-state index is -0.239. The zero-order chi connectivity index (χ0) is 14.9. The normalized spacial score (nSPS) is 10.1. The largest absolute Gasteiger partial charge is 0.383 e. The Morgan fingerprint density at radius 1 is 1.24 bits per heavy atom. The fraction of sp³-hybridized carbons (Fsp3) is 0.267. The molecule has 21 heavy (non-hydrogen) atoms. The number of carbonyl (C=O) groups excluding carboxylic acids is 1. The maximum Gasteiger partial charge on any atom is 0.270 e. The fourth-order valence-electron chi connectivity index (χ4n) is 1.72. The molecule has 0 saturated heterocycles. The summed E-state index contributed by atoms with van der Waals surface area (Å²) in [5, 5.41) is 5.89. The molecule has 2 N–H and O–H groups in total. The molecule has 0 aliphatic heterocycles. The number of amides is 1. The predicted molar refractivity (Wildman–Crippen MR) is 80.0 cm³/mol. The Morgan fingerprint density at radius 3 is 2.81 bits per heavy atom. The molecule has 0 fully saturated rings. The first-order valence-corrected chi connectivity index (χ1v) is 6.66. The molecule has 0 spiro atoms. The number of anilines is 1. The number of aromatic nitrogens is 2. The van der Waals surface area contributed by atoms with Crippen molar-refractivity contribution in [2.24, 2.45) is 0 Å². The van der Waals surface area contributed by atoms with Crippen molar-refractivity contribution in [2.75, 3.05) is 25.6 Å². The van der Waals surface area contributed by atoms with Crippen molar-refractivity contribution in [3.8, 4) is 0 Å². The number of ether oxygens (including phenoxy) is 1. The third kappa shape index (κ3) is 4.85. The molecule has 1 aromatic carbocycles. The van der Waals surface area contributed by atoms with Gasteiger partial charge in [-0.3, -0.25) is 4.79 Å². The van der Waals surface area contributed by atoms with E-state index in [1.54, 1.807) is 13.2 Å². The van der Waals surface area contributed by atoms with Crippen molar-refractivity contribution in [3.63, 3.8) is 0 Å². The van der Waals surface area contributed by atoms with Gasteiger partial charge in [-0.1, -0.05) is 30.3 Å². The van der Waals surface area contributed by atoms with Gasteiger partial charge in [0.1, 0.15) is 17.8 Å². The Balaban J connectivity index is 1.92. The van der Waals surface area contributed by atoms with Crippen LogP contribution in [0.5, 0.6) is 0 Å². The standard InChI is InChI=1S/C15H18N4O2/c1-21-8-7-16-15(20)13-9-14(19-11-18-13)17-10-12-5-3-2-4-6-12/h2-6,9,11H,7-8,10H2,1H3,(H,16,20)(H,17,18,19). The summed E-state index contributed by atoms with van der Waals surface area (Å²) in [6.07, 6.45) is 1.37. The van der Waals surface area contributed by atoms with E-state index in [1.807, 2.05) is 30.3 Å². The molecule has 0 aliphatic rings. The number of benzene rings is 1. The third-order valence-electron chi connectivity index (χ3n) is 2.81. The molecular formula is C15H18N4O2. The van der Waals surface area contributed by atoms with E-state index in [1.165, 1.54) is 6.33 Å². The van der Waals surface area contributed by atoms with Gasteiger partial charge >= 0.3 is 0 Å². The quantitative estimate of drug-likeness (QED) is 0.754. The molecule has 6 nitrogen and oxygen atoms in total. The van der Waals surface area contributed by atoms with Crippen LogP contribution in [0.1, 0.15) is 16.1 Å². The van der Waals surface area contributed by atoms with Crippen LogP contribution in [-0.2, 0) is 11.3 Å². The van der Waals surface area contributed by atoms with Crippen LogP contribution in [0, 0.1) is 0 Å². The smallest absolute Gasteiger partial charge is 0.270 e. The van der Waals surface area contributed by atoms with Crippen LogP contribution >= 0.6 is 0 Å². The molecule has 1 amide bonds. The zero-order valence-corrected chi connectivity index (χ0v) is 11.9. The van der Waals surface area contributed by atoms with E-state index < -0.39 is 0 Å². The second-order valence-corrected chi connectivity index (χ2v) is 4.38. The van der Waals surface area contributed by atoms with Gasteiger partial charge in [-0.25, -0.2) is 9.97 Å². The van der Waals surface area contributed by atoms with Crippen LogP contribution in [-0.4, -0.2) is 36.1 Å². The number of nitrogens with zero attached hydrogens (tertiary/aromatic N) is 2. The monoisotopic (exact) mass is 286 g/mol. The number of nitrogens with one attached hydrogen (secondary N) is 2. The second-order valence-electron chi connectivity index (χ2n) is 4.38. The van der Waals surface area contributed by atoms with E-state index in [4.69, 9.17) is 4.74 Å². The highest BCUT2D eigenvalue weighted by molar-refractivity contribution is 5.92. The lowest BCUT2D eigenvalue weighted by molar-refractivity contribution is 0.0932. The molecular weight excluding hydrogens is 268 g/mol. The molecule has 0 atom stereocenters. The highest BCUT2D eigenvalue weighted by Crippen LogP contribution is 2.07. The first-order chi connectivity index (χ1) is 10.3. The third-order valence-corrected chi connectivity index (χ3v) is 2.81. The minimum Gasteiger partial charge on any atom is -0.383 e. The maximum absolute atomic E-state index is 11.9. The van der Waals surface area contributed by atoms with Crippen LogP contribution in [0.3, 0.4) is 0 Å². The van der Waals surface area contributed by atoms with Gasteiger partial charge in [-0.15, -0.1) is 0 Å². The van der Waals surface area contributed by atoms with E-state index in [2.05, 4.69) is 20.6 Å². The summed E-state index contributed by atoms with van der Waals surface area (Å²) >= 11 is 0. The predicted octanol–water partition coefficient (Wildman–Crippen LogP) is 1.46. The summed E-state index contributed by atoms with van der Waals surface area (Å²) in [5.74, 6) is 0.378. The van der Waals surface area contributed by atoms with Crippen molar-refractivity contribution in [1.82, 2.24) is 15.3 Å². The number of hydrogen-bond donors (Lipinski definition) is 2. The summed E-state index contributed by atoms with van der Waals surface area (Å²) in [6.45, 7) is 1.56. The van der Waals surface area contributed by atoms with Crippen molar-refractivity contribution < 1.29 is 9.53 Å². The highest BCUT2D eigenvalue weighted by atomic mass is 16.5. The average molecular weight is 286 g/mol. The topological polar surface area (TPSA) is 76.1 Å². The molecule has 0 saturated carbocycles. The van der Waals surface area contributed by atoms with Gasteiger partial charge in [-0.2, -0.15) is 0 Å². The Bertz CT molecular complexity index is 575. The molecule has 0 unspecified atom stereocenters. The van der Waals surface area contributed by atoms with E-state index in [0.717, 1.165) is 5.56 Å². The number of carbonyl (C=O) groups is 1. The van der Waals surface area contributed by atoms with Crippen molar-refractivity contribution in [1.29, 1.82) is 0 Å². The van der Waals surface area contributed by atoms with Crippen molar-refractivity contribution >= 4 is 11.7 Å². The molecule has 2 rings (SSSR count). The van der Waals surface area contributed by atoms with E-state index in [9.17, 15) is 4.79 Å². The lowest BCUT2D eigenvalue weighted by Crippen LogP contribution is -2.27. The Labute approximate surface area is 123 Å². The summed E-state index contributed by atoms with van der Waals surface area (Å²) in [4.78, 5) is 19.9. The van der Waals surface area contributed by atoms with Gasteiger partial charge in [0.05, 0.1) is 6.61 Å². The SMILES string of the molecule is COCCNC(=O)c1cc(NCc2ccccc2)ncn1. The highest BCUT2D eigenvalue weighted by Gasteiger charge is 2.07. The van der Waals surface area contributed by atoms with Gasteiger partial charge in [0, 0.05) is 26.3 Å². The zero-order valence-electron chi connectivity index (χ0n) is 11.9. The van der Waals surface area contributed by atoms with Crippen molar-refractivity contribution in [3.05, 3.63) is 54.0 Å². The van der Waals surface area contributed by atoms with Gasteiger partial charge in [0.2, 0.25) is 0 Å². The number of methoxy groups -OCH3 is 1. The summed E-state index contributed by atoms with van der Waals surface area (Å²) in [6, 6.07) is 11.6. The lowest BCUT2D eigenvalue weighted by atomic mass is 10.2. The van der Waals surface area contributed by atoms with Gasteiger partial charge in [-0.05, 0) is 5.56 Å². The molecule has 6 heteroatoms. The Kier molecular flexibility index (Phi) is 5.66. The lowest BCUT2D eigenvalue weighted by Gasteiger charge is -2.07. The minimum absolute atomic E-state index is 0.239. The first kappa shape index (κ1) is 14.9. The van der Waals surface area contributed by atoms with E-state index in [-0.39, 0.29) is 5.91 Å². The van der Waals surface area contributed by atoms with Gasteiger partial charge < -0.3 is 15.4 Å². The van der Waals surface area contributed by atoms with Crippen LogP contribution in [0.25, 0.3) is 0 Å². The van der Waals surface area contributed by atoms with Crippen LogP contribution in [0.4, 0.5) is 5.82 Å². The molecule has 0 bridgehead atoms. The molecule has 110 valence electrons. The molecule has 0 radical (unpaired) electrons. The second kappa shape index (κ2) is 7.96. The fourth-order valence-corrected chi connectivity index (χ4v) is 1.72. The van der Waals surface area contributed by atoms with Crippen molar-refractivity contribution in [2.45, 2.75) is 6.54 Å². The summed E-state index contributed by atoms with van der Waals surface area (Å²) in [5.41, 5.74) is 1.47. The van der Waals surface area contributed by atoms with Crippen LogP contribution < -0.4 is 10.6 Å². The Morgan fingerprint density at radius 2 is 2.05 bits per heavy atom. The maximum atomic E-state index is 11.9. The van der Waals surface area contributed by atoms with Crippen LogP contribution in [0.2, 0.25) is 0 Å². The molecule has 1 aromatic heterocycles. The van der Waals surface area contributed by atoms with Crippen LogP contribution in [0.15, 0.2) is 42.7 Å². The molecule has 1 heterocycles. The van der Waals surface area contributed by atoms with Gasteiger partial charge in [0.15, 0.2) is 0 Å². The molecule has 2 aromatic rings. The average Bonchev–Trinajstić information content (AvgIpc) is 2.54. The summed E-state index contributed by atoms with van der Waals surface area (Å²) in [7, 11) is 1.59. The Hall–Kier alpha value is -2.47. The number of rotatable bonds is 7. The first-order valence-electron chi connectivity index (χ1n) is 6.66.